The molecule has 6 nitrogen and oxygen atoms in total. The molecule has 0 saturated heterocycles. The normalized spacial score (nSPS) is 11.7. The van der Waals surface area contributed by atoms with Crippen LogP contribution >= 0.6 is 0 Å². The van der Waals surface area contributed by atoms with Gasteiger partial charge in [0.1, 0.15) is 12.2 Å². The van der Waals surface area contributed by atoms with Crippen LogP contribution in [0.1, 0.15) is 44.0 Å². The number of benzene rings is 1. The van der Waals surface area contributed by atoms with Crippen LogP contribution in [-0.2, 0) is 16.1 Å². The van der Waals surface area contributed by atoms with Crippen LogP contribution in [0, 0.1) is 6.92 Å². The first-order valence-electron chi connectivity index (χ1n) is 8.77. The van der Waals surface area contributed by atoms with Gasteiger partial charge in [-0.1, -0.05) is 37.3 Å². The lowest BCUT2D eigenvalue weighted by Crippen LogP contribution is -2.35. The highest BCUT2D eigenvalue weighted by Crippen LogP contribution is 2.11. The van der Waals surface area contributed by atoms with Crippen LogP contribution < -0.4 is 16.2 Å². The summed E-state index contributed by atoms with van der Waals surface area (Å²) in [5, 5.41) is 5.51. The monoisotopic (exact) mass is 355 g/mol. The Morgan fingerprint density at radius 2 is 1.77 bits per heavy atom. The largest absolute Gasteiger partial charge is 0.348 e. The molecule has 2 amide bonds. The fourth-order valence-corrected chi connectivity index (χ4v) is 2.66. The molecular formula is C20H25N3O3. The zero-order valence-electron chi connectivity index (χ0n) is 15.4. The molecule has 2 rings (SSSR count). The SMILES string of the molecule is CCCC(=O)Nc1ccc(C)n(CC(=O)N[C@@H](C)c2ccccc2)c1=O. The minimum atomic E-state index is -0.378. The van der Waals surface area contributed by atoms with Gasteiger partial charge in [-0.2, -0.15) is 0 Å². The molecule has 2 aromatic rings. The van der Waals surface area contributed by atoms with E-state index in [0.717, 1.165) is 5.56 Å². The molecule has 1 atom stereocenters. The third kappa shape index (κ3) is 5.05. The summed E-state index contributed by atoms with van der Waals surface area (Å²) >= 11 is 0. The van der Waals surface area contributed by atoms with E-state index in [9.17, 15) is 14.4 Å². The minimum Gasteiger partial charge on any atom is -0.348 e. The molecule has 1 aromatic heterocycles. The summed E-state index contributed by atoms with van der Waals surface area (Å²) in [6.45, 7) is 5.45. The Bertz CT molecular complexity index is 828. The average molecular weight is 355 g/mol. The van der Waals surface area contributed by atoms with Crippen molar-refractivity contribution < 1.29 is 9.59 Å². The van der Waals surface area contributed by atoms with E-state index >= 15 is 0 Å². The van der Waals surface area contributed by atoms with Gasteiger partial charge in [-0.3, -0.25) is 14.4 Å². The number of hydrogen-bond donors (Lipinski definition) is 2. The van der Waals surface area contributed by atoms with Crippen molar-refractivity contribution in [3.63, 3.8) is 0 Å². The Balaban J connectivity index is 2.11. The number of pyridine rings is 1. The van der Waals surface area contributed by atoms with E-state index in [2.05, 4.69) is 10.6 Å². The van der Waals surface area contributed by atoms with Crippen molar-refractivity contribution in [3.8, 4) is 0 Å². The summed E-state index contributed by atoms with van der Waals surface area (Å²) in [6, 6.07) is 12.7. The van der Waals surface area contributed by atoms with Gasteiger partial charge in [0.15, 0.2) is 0 Å². The summed E-state index contributed by atoms with van der Waals surface area (Å²) in [6.07, 6.45) is 1.05. The standard InChI is InChI=1S/C20H25N3O3/c1-4-8-18(24)22-17-12-11-14(2)23(20(17)26)13-19(25)21-15(3)16-9-6-5-7-10-16/h5-7,9-12,15H,4,8,13H2,1-3H3,(H,21,25)(H,22,24)/t15-/m0/s1. The fourth-order valence-electron chi connectivity index (χ4n) is 2.66. The van der Waals surface area contributed by atoms with Crippen molar-refractivity contribution in [3.05, 3.63) is 64.1 Å². The van der Waals surface area contributed by atoms with Crippen LogP contribution in [0.3, 0.4) is 0 Å². The molecule has 1 aromatic carbocycles. The molecule has 0 bridgehead atoms. The predicted molar refractivity (Wildman–Crippen MR) is 102 cm³/mol. The highest BCUT2D eigenvalue weighted by Gasteiger charge is 2.14. The molecule has 6 heteroatoms. The average Bonchev–Trinajstić information content (AvgIpc) is 2.62. The van der Waals surface area contributed by atoms with Crippen molar-refractivity contribution in [1.29, 1.82) is 0 Å². The van der Waals surface area contributed by atoms with Gasteiger partial charge < -0.3 is 15.2 Å². The molecule has 0 fully saturated rings. The quantitative estimate of drug-likeness (QED) is 0.801. The summed E-state index contributed by atoms with van der Waals surface area (Å²) < 4.78 is 1.37. The molecule has 0 aliphatic heterocycles. The molecule has 0 aliphatic rings. The first-order valence-corrected chi connectivity index (χ1v) is 8.77. The van der Waals surface area contributed by atoms with Gasteiger partial charge in [-0.25, -0.2) is 0 Å². The number of nitrogens with one attached hydrogen (secondary N) is 2. The lowest BCUT2D eigenvalue weighted by Gasteiger charge is -2.16. The second-order valence-electron chi connectivity index (χ2n) is 6.28. The van der Waals surface area contributed by atoms with E-state index in [-0.39, 0.29) is 35.6 Å². The molecule has 1 heterocycles. The maximum atomic E-state index is 12.6. The van der Waals surface area contributed by atoms with Gasteiger partial charge in [-0.05, 0) is 38.0 Å². The van der Waals surface area contributed by atoms with E-state index in [1.165, 1.54) is 4.57 Å². The number of aryl methyl sites for hydroxylation is 1. The highest BCUT2D eigenvalue weighted by atomic mass is 16.2. The molecule has 2 N–H and O–H groups in total. The molecule has 26 heavy (non-hydrogen) atoms. The van der Waals surface area contributed by atoms with E-state index in [0.29, 0.717) is 18.5 Å². The fraction of sp³-hybridized carbons (Fsp3) is 0.350. The van der Waals surface area contributed by atoms with Crippen LogP contribution in [0.5, 0.6) is 0 Å². The third-order valence-corrected chi connectivity index (χ3v) is 4.12. The topological polar surface area (TPSA) is 80.2 Å². The Labute approximate surface area is 153 Å². The van der Waals surface area contributed by atoms with E-state index in [4.69, 9.17) is 0 Å². The Hall–Kier alpha value is -2.89. The summed E-state index contributed by atoms with van der Waals surface area (Å²) in [7, 11) is 0. The van der Waals surface area contributed by atoms with Crippen LogP contribution in [0.4, 0.5) is 5.69 Å². The Morgan fingerprint density at radius 3 is 2.42 bits per heavy atom. The summed E-state index contributed by atoms with van der Waals surface area (Å²) in [5.74, 6) is -0.467. The number of carbonyl (C=O) groups is 2. The first-order chi connectivity index (χ1) is 12.4. The molecular weight excluding hydrogens is 330 g/mol. The van der Waals surface area contributed by atoms with Gasteiger partial charge in [0.2, 0.25) is 11.8 Å². The van der Waals surface area contributed by atoms with Crippen LogP contribution in [0.25, 0.3) is 0 Å². The van der Waals surface area contributed by atoms with Crippen molar-refractivity contribution in [2.45, 2.75) is 46.2 Å². The van der Waals surface area contributed by atoms with Gasteiger partial charge in [0, 0.05) is 12.1 Å². The lowest BCUT2D eigenvalue weighted by molar-refractivity contribution is -0.122. The number of nitrogens with zero attached hydrogens (tertiary/aromatic N) is 1. The predicted octanol–water partition coefficient (Wildman–Crippen LogP) is 2.77. The number of anilines is 1. The molecule has 138 valence electrons. The van der Waals surface area contributed by atoms with E-state index in [1.807, 2.05) is 44.2 Å². The number of aromatic nitrogens is 1. The zero-order chi connectivity index (χ0) is 19.1. The van der Waals surface area contributed by atoms with Crippen LogP contribution in [0.2, 0.25) is 0 Å². The highest BCUT2D eigenvalue weighted by molar-refractivity contribution is 5.90. The zero-order valence-corrected chi connectivity index (χ0v) is 15.4. The van der Waals surface area contributed by atoms with E-state index in [1.54, 1.807) is 19.1 Å². The maximum absolute atomic E-state index is 12.6. The van der Waals surface area contributed by atoms with Crippen LogP contribution in [-0.4, -0.2) is 16.4 Å². The Kier molecular flexibility index (Phi) is 6.72. The Morgan fingerprint density at radius 1 is 1.08 bits per heavy atom. The van der Waals surface area contributed by atoms with E-state index < -0.39 is 0 Å². The van der Waals surface area contributed by atoms with Crippen molar-refractivity contribution >= 4 is 17.5 Å². The van der Waals surface area contributed by atoms with Gasteiger partial charge in [-0.15, -0.1) is 0 Å². The smallest absolute Gasteiger partial charge is 0.274 e. The molecule has 0 unspecified atom stereocenters. The molecule has 0 saturated carbocycles. The van der Waals surface area contributed by atoms with Gasteiger partial charge >= 0.3 is 0 Å². The third-order valence-electron chi connectivity index (χ3n) is 4.12. The second kappa shape index (κ2) is 8.99. The molecule has 0 radical (unpaired) electrons. The van der Waals surface area contributed by atoms with Crippen LogP contribution in [0.15, 0.2) is 47.3 Å². The van der Waals surface area contributed by atoms with Crippen molar-refractivity contribution in [1.82, 2.24) is 9.88 Å². The lowest BCUT2D eigenvalue weighted by atomic mass is 10.1. The van der Waals surface area contributed by atoms with Crippen molar-refractivity contribution in [2.24, 2.45) is 0 Å². The summed E-state index contributed by atoms with van der Waals surface area (Å²) in [5.41, 5.74) is 1.46. The molecule has 0 spiro atoms. The molecule has 0 aliphatic carbocycles. The first kappa shape index (κ1) is 19.4. The minimum absolute atomic E-state index is 0.0979. The number of rotatable bonds is 7. The number of hydrogen-bond acceptors (Lipinski definition) is 3. The second-order valence-corrected chi connectivity index (χ2v) is 6.28. The van der Waals surface area contributed by atoms with Gasteiger partial charge in [0.25, 0.3) is 5.56 Å². The number of amides is 2. The van der Waals surface area contributed by atoms with Gasteiger partial charge in [0.05, 0.1) is 6.04 Å². The number of carbonyl (C=O) groups excluding carboxylic acids is 2. The maximum Gasteiger partial charge on any atom is 0.274 e. The van der Waals surface area contributed by atoms with Crippen molar-refractivity contribution in [2.75, 3.05) is 5.32 Å². The summed E-state index contributed by atoms with van der Waals surface area (Å²) in [4.78, 5) is 36.7.